The van der Waals surface area contributed by atoms with Gasteiger partial charge in [0.1, 0.15) is 12.2 Å². The van der Waals surface area contributed by atoms with Crippen molar-refractivity contribution in [1.29, 1.82) is 0 Å². The summed E-state index contributed by atoms with van der Waals surface area (Å²) in [5.41, 5.74) is 5.96. The number of aromatic nitrogens is 2. The molecule has 0 saturated carbocycles. The van der Waals surface area contributed by atoms with Crippen LogP contribution in [0.5, 0.6) is 0 Å². The number of rotatable bonds is 7. The van der Waals surface area contributed by atoms with Crippen molar-refractivity contribution in [2.45, 2.75) is 13.5 Å². The van der Waals surface area contributed by atoms with Gasteiger partial charge >= 0.3 is 12.1 Å². The first-order valence-corrected chi connectivity index (χ1v) is 5.87. The van der Waals surface area contributed by atoms with Gasteiger partial charge in [-0.2, -0.15) is 5.10 Å². The van der Waals surface area contributed by atoms with Crippen LogP contribution in [-0.4, -0.2) is 41.6 Å². The quantitative estimate of drug-likeness (QED) is 0.524. The van der Waals surface area contributed by atoms with Crippen molar-refractivity contribution in [1.82, 2.24) is 15.1 Å². The van der Waals surface area contributed by atoms with E-state index in [-0.39, 0.29) is 6.61 Å². The van der Waals surface area contributed by atoms with Crippen LogP contribution < -0.4 is 11.1 Å². The van der Waals surface area contributed by atoms with Gasteiger partial charge in [0.2, 0.25) is 0 Å². The molecule has 0 aliphatic carbocycles. The second-order valence-corrected chi connectivity index (χ2v) is 3.69. The predicted octanol–water partition coefficient (Wildman–Crippen LogP) is -0.218. The van der Waals surface area contributed by atoms with Crippen LogP contribution in [0.1, 0.15) is 23.0 Å². The maximum absolute atomic E-state index is 11.7. The van der Waals surface area contributed by atoms with Crippen molar-refractivity contribution in [3.8, 4) is 0 Å². The molecule has 3 N–H and O–H groups in total. The molecule has 0 saturated heterocycles. The van der Waals surface area contributed by atoms with E-state index >= 15 is 0 Å². The third-order valence-corrected chi connectivity index (χ3v) is 2.37. The van der Waals surface area contributed by atoms with E-state index in [0.717, 1.165) is 0 Å². The van der Waals surface area contributed by atoms with Gasteiger partial charge in [-0.25, -0.2) is 9.59 Å². The molecule has 0 atom stereocenters. The summed E-state index contributed by atoms with van der Waals surface area (Å²) in [6.45, 7) is 3.06. The largest absolute Gasteiger partial charge is 0.462 e. The zero-order chi connectivity index (χ0) is 14.3. The van der Waals surface area contributed by atoms with E-state index in [4.69, 9.17) is 10.5 Å². The van der Waals surface area contributed by atoms with Gasteiger partial charge in [-0.3, -0.25) is 4.68 Å². The molecule has 0 aliphatic heterocycles. The molecule has 106 valence electrons. The van der Waals surface area contributed by atoms with Gasteiger partial charge in [0.05, 0.1) is 18.5 Å². The first-order valence-electron chi connectivity index (χ1n) is 5.87. The van der Waals surface area contributed by atoms with Crippen LogP contribution >= 0.6 is 0 Å². The van der Waals surface area contributed by atoms with E-state index in [9.17, 15) is 9.59 Å². The van der Waals surface area contributed by atoms with E-state index in [1.165, 1.54) is 6.20 Å². The molecular weight excluding hydrogens is 252 g/mol. The molecule has 1 aromatic rings. The third kappa shape index (κ3) is 4.59. The van der Waals surface area contributed by atoms with Crippen molar-refractivity contribution in [2.75, 3.05) is 19.8 Å². The lowest BCUT2D eigenvalue weighted by molar-refractivity contribution is 0.0524. The summed E-state index contributed by atoms with van der Waals surface area (Å²) in [7, 11) is 1.74. The molecule has 0 spiro atoms. The Hall–Kier alpha value is -2.09. The zero-order valence-corrected chi connectivity index (χ0v) is 11.0. The van der Waals surface area contributed by atoms with Crippen molar-refractivity contribution < 1.29 is 19.1 Å². The first kappa shape index (κ1) is 15.0. The van der Waals surface area contributed by atoms with Gasteiger partial charge in [-0.1, -0.05) is 0 Å². The van der Waals surface area contributed by atoms with E-state index in [1.807, 2.05) is 0 Å². The number of nitrogens with one attached hydrogen (secondary N) is 1. The van der Waals surface area contributed by atoms with Crippen LogP contribution in [0.15, 0.2) is 6.20 Å². The Bertz CT molecular complexity index is 444. The van der Waals surface area contributed by atoms with Gasteiger partial charge in [-0.05, 0) is 6.92 Å². The minimum Gasteiger partial charge on any atom is -0.462 e. The maximum atomic E-state index is 11.7. The molecule has 0 bridgehead atoms. The number of amides is 1. The fourth-order valence-corrected chi connectivity index (χ4v) is 1.48. The Morgan fingerprint density at radius 1 is 1.47 bits per heavy atom. The average molecular weight is 270 g/mol. The predicted molar refractivity (Wildman–Crippen MR) is 66.4 cm³/mol. The van der Waals surface area contributed by atoms with Gasteiger partial charge in [-0.15, -0.1) is 0 Å². The van der Waals surface area contributed by atoms with Crippen molar-refractivity contribution >= 4 is 12.1 Å². The minimum atomic E-state index is -0.811. The van der Waals surface area contributed by atoms with Crippen LogP contribution in [-0.2, 0) is 23.1 Å². The van der Waals surface area contributed by atoms with Crippen molar-refractivity contribution in [3.05, 3.63) is 17.5 Å². The number of nitrogens with zero attached hydrogens (tertiary/aromatic N) is 2. The molecule has 0 aromatic carbocycles. The molecular formula is C11H18N4O4. The number of esters is 1. The zero-order valence-electron chi connectivity index (χ0n) is 11.0. The smallest absolute Gasteiger partial charge is 0.404 e. The first-order chi connectivity index (χ1) is 9.06. The lowest BCUT2D eigenvalue weighted by Gasteiger charge is -2.07. The third-order valence-electron chi connectivity index (χ3n) is 2.37. The molecule has 19 heavy (non-hydrogen) atoms. The van der Waals surface area contributed by atoms with Crippen LogP contribution in [0.25, 0.3) is 0 Å². The standard InChI is InChI=1S/C11H18N4O4/c1-3-18-10(16)8-6-14-15(2)9(8)7-13-4-5-19-11(12)17/h6,13H,3-5,7H2,1-2H3,(H2,12,17). The molecule has 1 aromatic heterocycles. The Balaban J connectivity index is 2.50. The summed E-state index contributed by atoms with van der Waals surface area (Å²) in [4.78, 5) is 22.0. The number of carbonyl (C=O) groups excluding carboxylic acids is 2. The lowest BCUT2D eigenvalue weighted by atomic mass is 10.2. The monoisotopic (exact) mass is 270 g/mol. The molecule has 0 unspecified atom stereocenters. The summed E-state index contributed by atoms with van der Waals surface area (Å²) in [6.07, 6.45) is 0.657. The molecule has 0 fully saturated rings. The van der Waals surface area contributed by atoms with Crippen molar-refractivity contribution in [2.24, 2.45) is 12.8 Å². The summed E-state index contributed by atoms with van der Waals surface area (Å²) < 4.78 is 11.1. The fraction of sp³-hybridized carbons (Fsp3) is 0.545. The van der Waals surface area contributed by atoms with Crippen LogP contribution in [0.3, 0.4) is 0 Å². The normalized spacial score (nSPS) is 10.2. The van der Waals surface area contributed by atoms with Crippen LogP contribution in [0.2, 0.25) is 0 Å². The topological polar surface area (TPSA) is 108 Å². The summed E-state index contributed by atoms with van der Waals surface area (Å²) in [6, 6.07) is 0. The van der Waals surface area contributed by atoms with Gasteiger partial charge in [0, 0.05) is 20.1 Å². The second-order valence-electron chi connectivity index (χ2n) is 3.69. The van der Waals surface area contributed by atoms with Gasteiger partial charge in [0.25, 0.3) is 0 Å². The molecule has 8 nitrogen and oxygen atoms in total. The Labute approximate surface area is 110 Å². The van der Waals surface area contributed by atoms with E-state index in [0.29, 0.717) is 31.0 Å². The molecule has 0 aliphatic rings. The molecule has 1 rings (SSSR count). The highest BCUT2D eigenvalue weighted by molar-refractivity contribution is 5.90. The van der Waals surface area contributed by atoms with E-state index in [1.54, 1.807) is 18.7 Å². The molecule has 8 heteroatoms. The number of ether oxygens (including phenoxy) is 2. The molecule has 1 amide bonds. The number of hydrogen-bond acceptors (Lipinski definition) is 6. The molecule has 1 heterocycles. The number of aryl methyl sites for hydroxylation is 1. The lowest BCUT2D eigenvalue weighted by Crippen LogP contribution is -2.25. The molecule has 0 radical (unpaired) electrons. The highest BCUT2D eigenvalue weighted by Crippen LogP contribution is 2.08. The number of primary amides is 1. The summed E-state index contributed by atoms with van der Waals surface area (Å²) >= 11 is 0. The summed E-state index contributed by atoms with van der Waals surface area (Å²) in [5.74, 6) is -0.402. The number of hydrogen-bond donors (Lipinski definition) is 2. The van der Waals surface area contributed by atoms with E-state index < -0.39 is 12.1 Å². The minimum absolute atomic E-state index is 0.169. The fourth-order valence-electron chi connectivity index (χ4n) is 1.48. The average Bonchev–Trinajstić information content (AvgIpc) is 2.70. The van der Waals surface area contributed by atoms with Gasteiger partial charge < -0.3 is 20.5 Å². The van der Waals surface area contributed by atoms with Gasteiger partial charge in [0.15, 0.2) is 0 Å². The Kier molecular flexibility index (Phi) is 5.80. The number of nitrogens with two attached hydrogens (primary N) is 1. The second kappa shape index (κ2) is 7.37. The highest BCUT2D eigenvalue weighted by atomic mass is 16.5. The highest BCUT2D eigenvalue weighted by Gasteiger charge is 2.16. The number of carbonyl (C=O) groups is 2. The Morgan fingerprint density at radius 2 is 2.21 bits per heavy atom. The summed E-state index contributed by atoms with van der Waals surface area (Å²) in [5, 5.41) is 7.04. The SMILES string of the molecule is CCOC(=O)c1cnn(C)c1CNCCOC(N)=O. The maximum Gasteiger partial charge on any atom is 0.404 e. The van der Waals surface area contributed by atoms with Crippen molar-refractivity contribution in [3.63, 3.8) is 0 Å². The van der Waals surface area contributed by atoms with E-state index in [2.05, 4.69) is 15.2 Å². The Morgan fingerprint density at radius 3 is 2.84 bits per heavy atom. The van der Waals surface area contributed by atoms with Crippen LogP contribution in [0, 0.1) is 0 Å². The van der Waals surface area contributed by atoms with Crippen LogP contribution in [0.4, 0.5) is 4.79 Å².